The van der Waals surface area contributed by atoms with E-state index in [0.29, 0.717) is 5.92 Å². The van der Waals surface area contributed by atoms with E-state index in [4.69, 9.17) is 4.98 Å². The van der Waals surface area contributed by atoms with Crippen LogP contribution in [0.5, 0.6) is 0 Å². The van der Waals surface area contributed by atoms with Crippen molar-refractivity contribution in [3.63, 3.8) is 0 Å². The SMILES string of the molecule is C=C1CCC(c2ccn3ncc(C)c3n2)CC1. The lowest BCUT2D eigenvalue weighted by molar-refractivity contribution is 0.507. The molecule has 88 valence electrons. The Morgan fingerprint density at radius 3 is 2.88 bits per heavy atom. The lowest BCUT2D eigenvalue weighted by Gasteiger charge is -2.22. The van der Waals surface area contributed by atoms with Gasteiger partial charge in [0.25, 0.3) is 0 Å². The lowest BCUT2D eigenvalue weighted by Crippen LogP contribution is -2.08. The Hall–Kier alpha value is -1.64. The van der Waals surface area contributed by atoms with Gasteiger partial charge in [0.05, 0.1) is 6.20 Å². The highest BCUT2D eigenvalue weighted by Crippen LogP contribution is 2.33. The summed E-state index contributed by atoms with van der Waals surface area (Å²) in [5.74, 6) is 0.597. The average molecular weight is 227 g/mol. The van der Waals surface area contributed by atoms with E-state index in [2.05, 4.69) is 24.7 Å². The molecule has 3 rings (SSSR count). The number of hydrogen-bond acceptors (Lipinski definition) is 2. The first-order valence-electron chi connectivity index (χ1n) is 6.21. The molecule has 17 heavy (non-hydrogen) atoms. The molecule has 0 radical (unpaired) electrons. The van der Waals surface area contributed by atoms with Crippen molar-refractivity contribution < 1.29 is 0 Å². The predicted molar refractivity (Wildman–Crippen MR) is 68.1 cm³/mol. The molecule has 0 bridgehead atoms. The quantitative estimate of drug-likeness (QED) is 0.700. The van der Waals surface area contributed by atoms with E-state index >= 15 is 0 Å². The van der Waals surface area contributed by atoms with Crippen LogP contribution in [0.4, 0.5) is 0 Å². The highest BCUT2D eigenvalue weighted by atomic mass is 15.2. The van der Waals surface area contributed by atoms with Gasteiger partial charge in [0.1, 0.15) is 0 Å². The molecular formula is C14H17N3. The molecule has 0 unspecified atom stereocenters. The summed E-state index contributed by atoms with van der Waals surface area (Å²) in [6.45, 7) is 6.12. The van der Waals surface area contributed by atoms with Crippen molar-refractivity contribution in [3.8, 4) is 0 Å². The van der Waals surface area contributed by atoms with Crippen LogP contribution >= 0.6 is 0 Å². The van der Waals surface area contributed by atoms with Crippen molar-refractivity contribution in [2.45, 2.75) is 38.5 Å². The molecule has 2 heterocycles. The maximum Gasteiger partial charge on any atom is 0.158 e. The second-order valence-corrected chi connectivity index (χ2v) is 4.97. The third kappa shape index (κ3) is 1.86. The molecule has 0 aliphatic heterocycles. The lowest BCUT2D eigenvalue weighted by atomic mass is 9.84. The highest BCUT2D eigenvalue weighted by Gasteiger charge is 2.19. The highest BCUT2D eigenvalue weighted by molar-refractivity contribution is 5.45. The van der Waals surface area contributed by atoms with Crippen molar-refractivity contribution >= 4 is 5.65 Å². The summed E-state index contributed by atoms with van der Waals surface area (Å²) in [6, 6.07) is 2.11. The van der Waals surface area contributed by atoms with Gasteiger partial charge in [0.15, 0.2) is 5.65 Å². The van der Waals surface area contributed by atoms with Crippen molar-refractivity contribution in [2.24, 2.45) is 0 Å². The fraction of sp³-hybridized carbons (Fsp3) is 0.429. The van der Waals surface area contributed by atoms with E-state index in [1.165, 1.54) is 24.1 Å². The van der Waals surface area contributed by atoms with Crippen LogP contribution in [0.2, 0.25) is 0 Å². The molecule has 2 aromatic rings. The molecule has 3 heteroatoms. The largest absolute Gasteiger partial charge is 0.233 e. The smallest absolute Gasteiger partial charge is 0.158 e. The summed E-state index contributed by atoms with van der Waals surface area (Å²) in [7, 11) is 0. The van der Waals surface area contributed by atoms with Crippen molar-refractivity contribution in [1.29, 1.82) is 0 Å². The van der Waals surface area contributed by atoms with Crippen LogP contribution in [-0.4, -0.2) is 14.6 Å². The summed E-state index contributed by atoms with van der Waals surface area (Å²) in [5, 5.41) is 4.26. The first kappa shape index (κ1) is 10.5. The normalized spacial score (nSPS) is 17.8. The second kappa shape index (κ2) is 3.99. The molecule has 0 N–H and O–H groups in total. The second-order valence-electron chi connectivity index (χ2n) is 4.97. The van der Waals surface area contributed by atoms with Crippen LogP contribution in [0.1, 0.15) is 42.9 Å². The zero-order valence-electron chi connectivity index (χ0n) is 10.2. The van der Waals surface area contributed by atoms with Gasteiger partial charge in [-0.05, 0) is 38.7 Å². The van der Waals surface area contributed by atoms with Gasteiger partial charge in [-0.1, -0.05) is 12.2 Å². The number of allylic oxidation sites excluding steroid dienone is 1. The molecule has 3 nitrogen and oxygen atoms in total. The average Bonchev–Trinajstić information content (AvgIpc) is 2.72. The zero-order chi connectivity index (χ0) is 11.8. The van der Waals surface area contributed by atoms with Crippen LogP contribution in [0.25, 0.3) is 5.65 Å². The summed E-state index contributed by atoms with van der Waals surface area (Å²) in [4.78, 5) is 4.75. The fourth-order valence-corrected chi connectivity index (χ4v) is 2.55. The van der Waals surface area contributed by atoms with Crippen LogP contribution in [-0.2, 0) is 0 Å². The predicted octanol–water partition coefficient (Wildman–Crippen LogP) is 3.25. The molecule has 1 aliphatic rings. The summed E-state index contributed by atoms with van der Waals surface area (Å²) >= 11 is 0. The van der Waals surface area contributed by atoms with Gasteiger partial charge in [0, 0.05) is 23.4 Å². The van der Waals surface area contributed by atoms with Gasteiger partial charge in [-0.15, -0.1) is 0 Å². The van der Waals surface area contributed by atoms with E-state index in [0.717, 1.165) is 24.1 Å². The van der Waals surface area contributed by atoms with Crippen LogP contribution < -0.4 is 0 Å². The Morgan fingerprint density at radius 2 is 2.12 bits per heavy atom. The maximum absolute atomic E-state index is 4.75. The molecule has 0 aromatic carbocycles. The monoisotopic (exact) mass is 227 g/mol. The molecule has 0 saturated heterocycles. The first-order valence-corrected chi connectivity index (χ1v) is 6.21. The van der Waals surface area contributed by atoms with E-state index in [1.54, 1.807) is 0 Å². The van der Waals surface area contributed by atoms with Crippen LogP contribution in [0.15, 0.2) is 30.6 Å². The van der Waals surface area contributed by atoms with Gasteiger partial charge in [-0.3, -0.25) is 0 Å². The molecule has 1 saturated carbocycles. The van der Waals surface area contributed by atoms with Gasteiger partial charge >= 0.3 is 0 Å². The summed E-state index contributed by atoms with van der Waals surface area (Å²) in [5.41, 5.74) is 4.75. The molecule has 0 spiro atoms. The van der Waals surface area contributed by atoms with E-state index in [9.17, 15) is 0 Å². The molecule has 2 aromatic heterocycles. The van der Waals surface area contributed by atoms with Gasteiger partial charge in [0.2, 0.25) is 0 Å². The topological polar surface area (TPSA) is 30.2 Å². The zero-order valence-corrected chi connectivity index (χ0v) is 10.2. The summed E-state index contributed by atoms with van der Waals surface area (Å²) < 4.78 is 1.85. The molecule has 1 aliphatic carbocycles. The van der Waals surface area contributed by atoms with Crippen molar-refractivity contribution in [2.75, 3.05) is 0 Å². The van der Waals surface area contributed by atoms with E-state index < -0.39 is 0 Å². The standard InChI is InChI=1S/C14H17N3/c1-10-3-5-12(6-4-10)13-7-8-17-14(16-13)11(2)9-15-17/h7-9,12H,1,3-6H2,2H3. The molecule has 1 fully saturated rings. The maximum atomic E-state index is 4.75. The van der Waals surface area contributed by atoms with E-state index in [-0.39, 0.29) is 0 Å². The number of nitrogens with zero attached hydrogens (tertiary/aromatic N) is 3. The Bertz CT molecular complexity index is 558. The van der Waals surface area contributed by atoms with Crippen molar-refractivity contribution in [3.05, 3.63) is 41.9 Å². The minimum atomic E-state index is 0.597. The molecule has 0 amide bonds. The third-order valence-electron chi connectivity index (χ3n) is 3.68. The number of aromatic nitrogens is 3. The third-order valence-corrected chi connectivity index (χ3v) is 3.68. The molecular weight excluding hydrogens is 210 g/mol. The Morgan fingerprint density at radius 1 is 1.35 bits per heavy atom. The van der Waals surface area contributed by atoms with Gasteiger partial charge in [-0.2, -0.15) is 5.10 Å². The van der Waals surface area contributed by atoms with E-state index in [1.807, 2.05) is 16.9 Å². The Labute approximate surface area is 101 Å². The van der Waals surface area contributed by atoms with Crippen molar-refractivity contribution in [1.82, 2.24) is 14.6 Å². The Kier molecular flexibility index (Phi) is 2.46. The van der Waals surface area contributed by atoms with Crippen LogP contribution in [0, 0.1) is 6.92 Å². The number of hydrogen-bond donors (Lipinski definition) is 0. The summed E-state index contributed by atoms with van der Waals surface area (Å²) in [6.07, 6.45) is 8.57. The number of fused-ring (bicyclic) bond motifs is 1. The number of rotatable bonds is 1. The Balaban J connectivity index is 1.94. The number of aryl methyl sites for hydroxylation is 1. The first-order chi connectivity index (χ1) is 8.24. The van der Waals surface area contributed by atoms with Crippen LogP contribution in [0.3, 0.4) is 0 Å². The fourth-order valence-electron chi connectivity index (χ4n) is 2.55. The van der Waals surface area contributed by atoms with Gasteiger partial charge < -0.3 is 0 Å². The minimum absolute atomic E-state index is 0.597. The minimum Gasteiger partial charge on any atom is -0.233 e. The van der Waals surface area contributed by atoms with Gasteiger partial charge in [-0.25, -0.2) is 9.50 Å². The molecule has 0 atom stereocenters.